The van der Waals surface area contributed by atoms with E-state index in [1.54, 1.807) is 20.8 Å². The van der Waals surface area contributed by atoms with Crippen LogP contribution in [0.5, 0.6) is 0 Å². The van der Waals surface area contributed by atoms with Crippen LogP contribution in [0, 0.1) is 5.92 Å². The van der Waals surface area contributed by atoms with Gasteiger partial charge in [-0.2, -0.15) is 0 Å². The number of amides is 1. The molecule has 102 valence electrons. The molecule has 1 aliphatic carbocycles. The Labute approximate surface area is 106 Å². The van der Waals surface area contributed by atoms with Crippen LogP contribution in [0.3, 0.4) is 0 Å². The van der Waals surface area contributed by atoms with Gasteiger partial charge in [-0.25, -0.2) is 4.79 Å². The Kier molecular flexibility index (Phi) is 4.32. The van der Waals surface area contributed by atoms with Crippen LogP contribution in [0.2, 0.25) is 0 Å². The summed E-state index contributed by atoms with van der Waals surface area (Å²) in [7, 11) is 0. The zero-order chi connectivity index (χ0) is 13.9. The number of carbonyl (C=O) groups excluding carboxylic acids is 2. The largest absolute Gasteiger partial charge is 0.481 e. The molecule has 2 atom stereocenters. The molecular weight excluding hydrogens is 238 g/mol. The summed E-state index contributed by atoms with van der Waals surface area (Å²) in [5, 5.41) is 11.5. The molecule has 18 heavy (non-hydrogen) atoms. The molecule has 0 aromatic rings. The summed E-state index contributed by atoms with van der Waals surface area (Å²) in [5.41, 5.74) is -0.651. The Morgan fingerprint density at radius 3 is 2.50 bits per heavy atom. The van der Waals surface area contributed by atoms with Gasteiger partial charge in [0.1, 0.15) is 11.4 Å². The molecule has 1 rings (SSSR count). The Hall–Kier alpha value is -1.59. The van der Waals surface area contributed by atoms with Gasteiger partial charge >= 0.3 is 12.1 Å². The van der Waals surface area contributed by atoms with Gasteiger partial charge in [0.25, 0.3) is 0 Å². The fourth-order valence-corrected chi connectivity index (χ4v) is 1.91. The number of nitrogens with one attached hydrogen (secondary N) is 1. The third-order valence-corrected chi connectivity index (χ3v) is 2.69. The van der Waals surface area contributed by atoms with Crippen molar-refractivity contribution in [3.63, 3.8) is 0 Å². The number of ether oxygens (including phenoxy) is 1. The molecule has 0 radical (unpaired) electrons. The summed E-state index contributed by atoms with van der Waals surface area (Å²) < 4.78 is 5.05. The molecule has 1 saturated carbocycles. The fraction of sp³-hybridized carbons (Fsp3) is 0.750. The summed E-state index contributed by atoms with van der Waals surface area (Å²) >= 11 is 0. The van der Waals surface area contributed by atoms with E-state index in [0.717, 1.165) is 0 Å². The van der Waals surface area contributed by atoms with Crippen molar-refractivity contribution in [3.05, 3.63) is 0 Å². The van der Waals surface area contributed by atoms with Gasteiger partial charge in [-0.3, -0.25) is 9.59 Å². The number of carboxylic acids is 1. The predicted molar refractivity (Wildman–Crippen MR) is 63.1 cm³/mol. The molecular formula is C12H19NO5. The maximum Gasteiger partial charge on any atom is 0.407 e. The molecule has 0 bridgehead atoms. The van der Waals surface area contributed by atoms with E-state index in [4.69, 9.17) is 9.84 Å². The van der Waals surface area contributed by atoms with Gasteiger partial charge in [0.05, 0.1) is 12.0 Å². The molecule has 0 aromatic carbocycles. The molecule has 0 unspecified atom stereocenters. The molecule has 1 aliphatic rings. The van der Waals surface area contributed by atoms with E-state index >= 15 is 0 Å². The second kappa shape index (κ2) is 5.37. The number of hydrogen-bond acceptors (Lipinski definition) is 4. The minimum Gasteiger partial charge on any atom is -0.481 e. The summed E-state index contributed by atoms with van der Waals surface area (Å²) in [6, 6.07) is -0.682. The van der Waals surface area contributed by atoms with Crippen molar-refractivity contribution in [3.8, 4) is 0 Å². The van der Waals surface area contributed by atoms with Crippen molar-refractivity contribution in [2.24, 2.45) is 5.92 Å². The van der Waals surface area contributed by atoms with E-state index in [0.29, 0.717) is 0 Å². The van der Waals surface area contributed by atoms with Crippen LogP contribution in [0.1, 0.15) is 40.0 Å². The van der Waals surface area contributed by atoms with E-state index in [-0.39, 0.29) is 25.0 Å². The van der Waals surface area contributed by atoms with E-state index in [1.807, 2.05) is 0 Å². The molecule has 1 amide bonds. The molecule has 6 heteroatoms. The molecule has 6 nitrogen and oxygen atoms in total. The second-order valence-electron chi connectivity index (χ2n) is 5.48. The van der Waals surface area contributed by atoms with E-state index in [9.17, 15) is 14.4 Å². The summed E-state index contributed by atoms with van der Waals surface area (Å²) in [4.78, 5) is 33.9. The number of hydrogen-bond donors (Lipinski definition) is 2. The Morgan fingerprint density at radius 1 is 1.39 bits per heavy atom. The number of ketones is 1. The van der Waals surface area contributed by atoms with Crippen molar-refractivity contribution >= 4 is 17.8 Å². The first-order valence-electron chi connectivity index (χ1n) is 5.93. The lowest BCUT2D eigenvalue weighted by Gasteiger charge is -2.29. The topological polar surface area (TPSA) is 92.7 Å². The number of Topliss-reactive ketones (excluding diaryl/α,β-unsaturated/α-hetero) is 1. The molecule has 0 heterocycles. The minimum absolute atomic E-state index is 0.0337. The zero-order valence-electron chi connectivity index (χ0n) is 10.9. The van der Waals surface area contributed by atoms with Crippen LogP contribution < -0.4 is 5.32 Å². The van der Waals surface area contributed by atoms with Gasteiger partial charge < -0.3 is 15.2 Å². The molecule has 2 N–H and O–H groups in total. The van der Waals surface area contributed by atoms with Crippen LogP contribution >= 0.6 is 0 Å². The average Bonchev–Trinajstić information content (AvgIpc) is 2.13. The number of aliphatic carboxylic acids is 1. The average molecular weight is 257 g/mol. The minimum atomic E-state index is -0.997. The molecule has 0 aromatic heterocycles. The third kappa shape index (κ3) is 4.35. The van der Waals surface area contributed by atoms with Crippen LogP contribution in [0.15, 0.2) is 0 Å². The zero-order valence-corrected chi connectivity index (χ0v) is 10.9. The van der Waals surface area contributed by atoms with Gasteiger partial charge in [0, 0.05) is 12.8 Å². The Morgan fingerprint density at radius 2 is 2.00 bits per heavy atom. The highest BCUT2D eigenvalue weighted by Gasteiger charge is 2.36. The van der Waals surface area contributed by atoms with Crippen molar-refractivity contribution in [2.45, 2.75) is 51.7 Å². The van der Waals surface area contributed by atoms with Gasteiger partial charge in [-0.15, -0.1) is 0 Å². The highest BCUT2D eigenvalue weighted by Crippen LogP contribution is 2.23. The van der Waals surface area contributed by atoms with Crippen LogP contribution in [0.4, 0.5) is 4.79 Å². The summed E-state index contributed by atoms with van der Waals surface area (Å²) in [6.07, 6.45) is -0.123. The fourth-order valence-electron chi connectivity index (χ4n) is 1.91. The lowest BCUT2D eigenvalue weighted by Crippen LogP contribution is -2.48. The number of carbonyl (C=O) groups is 3. The van der Waals surface area contributed by atoms with Crippen molar-refractivity contribution < 1.29 is 24.2 Å². The van der Waals surface area contributed by atoms with Gasteiger partial charge in [0.15, 0.2) is 0 Å². The summed E-state index contributed by atoms with van der Waals surface area (Å²) in [6.45, 7) is 5.15. The van der Waals surface area contributed by atoms with Crippen LogP contribution in [0.25, 0.3) is 0 Å². The van der Waals surface area contributed by atoms with Crippen molar-refractivity contribution in [1.29, 1.82) is 0 Å². The first kappa shape index (κ1) is 14.5. The highest BCUT2D eigenvalue weighted by molar-refractivity contribution is 5.84. The molecule has 0 saturated heterocycles. The molecule has 0 spiro atoms. The quantitative estimate of drug-likeness (QED) is 0.778. The molecule has 1 fully saturated rings. The Balaban J connectivity index is 2.63. The smallest absolute Gasteiger partial charge is 0.407 e. The van der Waals surface area contributed by atoms with Gasteiger partial charge in [0.2, 0.25) is 0 Å². The van der Waals surface area contributed by atoms with Gasteiger partial charge in [-0.05, 0) is 27.2 Å². The first-order valence-corrected chi connectivity index (χ1v) is 5.93. The monoisotopic (exact) mass is 257 g/mol. The number of alkyl carbamates (subject to hydrolysis) is 1. The third-order valence-electron chi connectivity index (χ3n) is 2.69. The maximum atomic E-state index is 11.6. The van der Waals surface area contributed by atoms with E-state index in [1.165, 1.54) is 0 Å². The summed E-state index contributed by atoms with van der Waals surface area (Å²) in [5.74, 6) is -1.76. The highest BCUT2D eigenvalue weighted by atomic mass is 16.6. The van der Waals surface area contributed by atoms with Crippen molar-refractivity contribution in [1.82, 2.24) is 5.32 Å². The van der Waals surface area contributed by atoms with Crippen molar-refractivity contribution in [2.75, 3.05) is 0 Å². The Bertz CT molecular complexity index is 358. The number of rotatable bonds is 2. The van der Waals surface area contributed by atoms with Gasteiger partial charge in [-0.1, -0.05) is 0 Å². The first-order chi connectivity index (χ1) is 8.19. The lowest BCUT2D eigenvalue weighted by atomic mass is 9.84. The SMILES string of the molecule is CC(C)(C)OC(=O)N[C@@H]1CC(=O)CC[C@H]1C(=O)O. The van der Waals surface area contributed by atoms with Crippen LogP contribution in [-0.4, -0.2) is 34.6 Å². The molecule has 0 aliphatic heterocycles. The standard InChI is InChI=1S/C12H19NO5/c1-12(2,3)18-11(17)13-9-6-7(14)4-5-8(9)10(15)16/h8-9H,4-6H2,1-3H3,(H,13,17)(H,15,16)/t8-,9-/m1/s1. The van der Waals surface area contributed by atoms with E-state index < -0.39 is 29.6 Å². The predicted octanol–water partition coefficient (Wildman–Crippen LogP) is 1.33. The normalized spacial score (nSPS) is 24.5. The second-order valence-corrected chi connectivity index (χ2v) is 5.48. The maximum absolute atomic E-state index is 11.6. The van der Waals surface area contributed by atoms with Crippen LogP contribution in [-0.2, 0) is 14.3 Å². The lowest BCUT2D eigenvalue weighted by molar-refractivity contribution is -0.144. The van der Waals surface area contributed by atoms with E-state index in [2.05, 4.69) is 5.32 Å². The number of carboxylic acid groups (broad SMARTS) is 1.